The molecule has 27 heavy (non-hydrogen) atoms. The SMILES string of the molecule is Cc1ccnc(C(C)C(F)(F)F)c1-n1c(=O)[nH]c(=O)c2cc(Cl)c(Cl)nc21. The van der Waals surface area contributed by atoms with Gasteiger partial charge in [-0.15, -0.1) is 0 Å². The highest BCUT2D eigenvalue weighted by Crippen LogP contribution is 2.37. The Morgan fingerprint density at radius 1 is 1.26 bits per heavy atom. The maximum absolute atomic E-state index is 13.3. The molecule has 11 heteroatoms. The lowest BCUT2D eigenvalue weighted by atomic mass is 10.0. The minimum atomic E-state index is -4.59. The molecule has 1 unspecified atom stereocenters. The Hall–Kier alpha value is -2.39. The Balaban J connectivity index is 2.50. The molecule has 3 aromatic heterocycles. The zero-order chi connectivity index (χ0) is 20.1. The van der Waals surface area contributed by atoms with E-state index in [0.29, 0.717) is 5.56 Å². The van der Waals surface area contributed by atoms with Gasteiger partial charge in [-0.2, -0.15) is 13.2 Å². The number of hydrogen-bond acceptors (Lipinski definition) is 4. The van der Waals surface area contributed by atoms with E-state index < -0.39 is 23.3 Å². The van der Waals surface area contributed by atoms with Crippen molar-refractivity contribution in [2.75, 3.05) is 0 Å². The quantitative estimate of drug-likeness (QED) is 0.642. The minimum absolute atomic E-state index is 0.0355. The summed E-state index contributed by atoms with van der Waals surface area (Å²) < 4.78 is 40.8. The normalized spacial score (nSPS) is 13.1. The van der Waals surface area contributed by atoms with E-state index in [0.717, 1.165) is 11.5 Å². The highest BCUT2D eigenvalue weighted by molar-refractivity contribution is 6.41. The molecule has 3 aromatic rings. The Kier molecular flexibility index (Phi) is 4.77. The van der Waals surface area contributed by atoms with Gasteiger partial charge >= 0.3 is 11.9 Å². The predicted molar refractivity (Wildman–Crippen MR) is 95.0 cm³/mol. The highest BCUT2D eigenvalue weighted by Gasteiger charge is 2.40. The molecule has 0 saturated carbocycles. The molecular formula is C16H11Cl2F3N4O2. The largest absolute Gasteiger partial charge is 0.397 e. The summed E-state index contributed by atoms with van der Waals surface area (Å²) in [6, 6.07) is 2.64. The molecule has 0 spiro atoms. The Labute approximate surface area is 159 Å². The van der Waals surface area contributed by atoms with Gasteiger partial charge in [-0.3, -0.25) is 14.8 Å². The molecule has 1 N–H and O–H groups in total. The van der Waals surface area contributed by atoms with E-state index in [2.05, 4.69) is 15.0 Å². The summed E-state index contributed by atoms with van der Waals surface area (Å²) in [4.78, 5) is 34.5. The molecule has 0 amide bonds. The third kappa shape index (κ3) is 3.32. The first-order valence-corrected chi connectivity index (χ1v) is 8.31. The average molecular weight is 419 g/mol. The number of alkyl halides is 3. The molecule has 0 fully saturated rings. The molecule has 0 aliphatic heterocycles. The number of hydrogen-bond donors (Lipinski definition) is 1. The topological polar surface area (TPSA) is 80.6 Å². The van der Waals surface area contributed by atoms with Crippen molar-refractivity contribution in [2.45, 2.75) is 25.9 Å². The van der Waals surface area contributed by atoms with Crippen molar-refractivity contribution in [3.8, 4) is 5.69 Å². The number of aromatic amines is 1. The number of nitrogens with zero attached hydrogens (tertiary/aromatic N) is 3. The Bertz CT molecular complexity index is 1170. The van der Waals surface area contributed by atoms with E-state index in [9.17, 15) is 22.8 Å². The smallest absolute Gasteiger partial charge is 0.273 e. The molecule has 0 saturated heterocycles. The Morgan fingerprint density at radius 3 is 2.56 bits per heavy atom. The maximum atomic E-state index is 13.3. The molecule has 0 aliphatic rings. The summed E-state index contributed by atoms with van der Waals surface area (Å²) in [5, 5.41) is -0.334. The van der Waals surface area contributed by atoms with Crippen LogP contribution in [0.5, 0.6) is 0 Å². The van der Waals surface area contributed by atoms with Crippen LogP contribution >= 0.6 is 23.2 Å². The average Bonchev–Trinajstić information content (AvgIpc) is 2.56. The van der Waals surface area contributed by atoms with Crippen molar-refractivity contribution in [2.24, 2.45) is 0 Å². The van der Waals surface area contributed by atoms with E-state index in [4.69, 9.17) is 23.2 Å². The lowest BCUT2D eigenvalue weighted by Gasteiger charge is -2.21. The highest BCUT2D eigenvalue weighted by atomic mass is 35.5. The molecule has 1 atom stereocenters. The van der Waals surface area contributed by atoms with Crippen LogP contribution in [0, 0.1) is 6.92 Å². The number of aryl methyl sites for hydroxylation is 1. The van der Waals surface area contributed by atoms with Crippen LogP contribution in [0.15, 0.2) is 27.9 Å². The van der Waals surface area contributed by atoms with Crippen LogP contribution in [-0.2, 0) is 0 Å². The van der Waals surface area contributed by atoms with Crippen molar-refractivity contribution in [1.82, 2.24) is 19.5 Å². The number of halogens is 5. The second-order valence-electron chi connectivity index (χ2n) is 5.85. The van der Waals surface area contributed by atoms with Gasteiger partial charge in [-0.1, -0.05) is 23.2 Å². The van der Waals surface area contributed by atoms with Gasteiger partial charge in [0.2, 0.25) is 0 Å². The molecule has 3 heterocycles. The standard InChI is InChI=1S/C16H11Cl2F3N4O2/c1-6-3-4-22-10(7(2)16(19,20)21)11(6)25-13-8(14(26)24-15(25)27)5-9(17)12(18)23-13/h3-5,7H,1-2H3,(H,24,26,27). The van der Waals surface area contributed by atoms with E-state index in [1.165, 1.54) is 25.3 Å². The van der Waals surface area contributed by atoms with Crippen LogP contribution in [0.2, 0.25) is 10.2 Å². The monoisotopic (exact) mass is 418 g/mol. The summed E-state index contributed by atoms with van der Waals surface area (Å²) in [5.41, 5.74) is -2.15. The zero-order valence-corrected chi connectivity index (χ0v) is 15.4. The number of rotatable bonds is 2. The van der Waals surface area contributed by atoms with Gasteiger partial charge in [0.05, 0.1) is 27.7 Å². The van der Waals surface area contributed by atoms with Gasteiger partial charge in [0.15, 0.2) is 5.65 Å². The van der Waals surface area contributed by atoms with Crippen molar-refractivity contribution < 1.29 is 13.2 Å². The molecular weight excluding hydrogens is 408 g/mol. The first-order valence-electron chi connectivity index (χ1n) is 7.56. The molecule has 0 radical (unpaired) electrons. The lowest BCUT2D eigenvalue weighted by Crippen LogP contribution is -2.32. The molecule has 3 rings (SSSR count). The fourth-order valence-corrected chi connectivity index (χ4v) is 2.94. The van der Waals surface area contributed by atoms with Crippen LogP contribution in [0.3, 0.4) is 0 Å². The lowest BCUT2D eigenvalue weighted by molar-refractivity contribution is -0.147. The maximum Gasteiger partial charge on any atom is 0.397 e. The molecule has 0 aliphatic carbocycles. The molecule has 6 nitrogen and oxygen atoms in total. The van der Waals surface area contributed by atoms with Gasteiger partial charge in [-0.05, 0) is 31.5 Å². The number of aromatic nitrogens is 4. The van der Waals surface area contributed by atoms with Crippen molar-refractivity contribution in [3.63, 3.8) is 0 Å². The first kappa shape index (κ1) is 19.4. The fourth-order valence-electron chi connectivity index (χ4n) is 2.65. The molecule has 0 aromatic carbocycles. The van der Waals surface area contributed by atoms with E-state index in [-0.39, 0.29) is 32.6 Å². The summed E-state index contributed by atoms with van der Waals surface area (Å²) in [6.45, 7) is 2.45. The number of pyridine rings is 2. The summed E-state index contributed by atoms with van der Waals surface area (Å²) in [6.07, 6.45) is -3.38. The second-order valence-corrected chi connectivity index (χ2v) is 6.62. The summed E-state index contributed by atoms with van der Waals surface area (Å²) in [5.74, 6) is -1.97. The van der Waals surface area contributed by atoms with Gasteiger partial charge in [-0.25, -0.2) is 14.3 Å². The number of H-pyrrole nitrogens is 1. The van der Waals surface area contributed by atoms with Crippen LogP contribution in [0.1, 0.15) is 24.1 Å². The zero-order valence-electron chi connectivity index (χ0n) is 13.9. The molecule has 142 valence electrons. The van der Waals surface area contributed by atoms with E-state index >= 15 is 0 Å². The fraction of sp³-hybridized carbons (Fsp3) is 0.250. The number of fused-ring (bicyclic) bond motifs is 1. The van der Waals surface area contributed by atoms with Crippen molar-refractivity contribution in [1.29, 1.82) is 0 Å². The first-order chi connectivity index (χ1) is 12.5. The Morgan fingerprint density at radius 2 is 1.93 bits per heavy atom. The van der Waals surface area contributed by atoms with E-state index in [1.807, 2.05) is 0 Å². The van der Waals surface area contributed by atoms with Crippen LogP contribution in [0.25, 0.3) is 16.7 Å². The van der Waals surface area contributed by atoms with Gasteiger partial charge < -0.3 is 0 Å². The summed E-state index contributed by atoms with van der Waals surface area (Å²) >= 11 is 11.8. The van der Waals surface area contributed by atoms with Gasteiger partial charge in [0, 0.05) is 6.20 Å². The van der Waals surface area contributed by atoms with E-state index in [1.54, 1.807) is 0 Å². The number of nitrogens with one attached hydrogen (secondary N) is 1. The second kappa shape index (κ2) is 6.65. The third-order valence-electron chi connectivity index (χ3n) is 4.07. The predicted octanol–water partition coefficient (Wildman–Crippen LogP) is 3.75. The third-order valence-corrected chi connectivity index (χ3v) is 4.75. The van der Waals surface area contributed by atoms with Crippen LogP contribution in [0.4, 0.5) is 13.2 Å². The van der Waals surface area contributed by atoms with Crippen molar-refractivity contribution >= 4 is 34.2 Å². The van der Waals surface area contributed by atoms with Crippen LogP contribution in [-0.4, -0.2) is 25.7 Å². The van der Waals surface area contributed by atoms with Crippen molar-refractivity contribution in [3.05, 3.63) is 60.6 Å². The minimum Gasteiger partial charge on any atom is -0.273 e. The molecule has 0 bridgehead atoms. The summed E-state index contributed by atoms with van der Waals surface area (Å²) in [7, 11) is 0. The van der Waals surface area contributed by atoms with Gasteiger partial charge in [0.25, 0.3) is 5.56 Å². The van der Waals surface area contributed by atoms with Crippen LogP contribution < -0.4 is 11.2 Å². The van der Waals surface area contributed by atoms with Gasteiger partial charge in [0.1, 0.15) is 5.15 Å².